The summed E-state index contributed by atoms with van der Waals surface area (Å²) in [6, 6.07) is 20.0. The number of hydrogen-bond donors (Lipinski definition) is 2. The highest BCUT2D eigenvalue weighted by molar-refractivity contribution is 6.99. The van der Waals surface area contributed by atoms with Crippen molar-refractivity contribution in [3.8, 4) is 0 Å². The molecule has 0 spiro atoms. The minimum Gasteiger partial charge on any atom is -0.456 e. The molecule has 226 valence electrons. The standard InChI is InChI=1S/C30H35N5O7Si/c1-19(36)41-25-23(17-40-43(29(2,3)4,20-12-8-6-9-13-20)21-14-10-7-11-15-21)42-28(30(25,5)37)34-16-22(35(38)39)24-26(31)32-18-33-27(24)34/h6-16,18,23,25,28,37H,17H2,1-5H3,(H2,31,32,33). The van der Waals surface area contributed by atoms with Crippen LogP contribution in [0, 0.1) is 10.1 Å². The number of fused-ring (bicyclic) bond motifs is 1. The number of nitrogens with zero attached hydrogens (tertiary/aromatic N) is 4. The second-order valence-electron chi connectivity index (χ2n) is 11.9. The van der Waals surface area contributed by atoms with Crippen molar-refractivity contribution in [2.75, 3.05) is 12.3 Å². The van der Waals surface area contributed by atoms with Gasteiger partial charge in [0.25, 0.3) is 14.0 Å². The predicted molar refractivity (Wildman–Crippen MR) is 162 cm³/mol. The van der Waals surface area contributed by atoms with E-state index in [4.69, 9.17) is 19.6 Å². The zero-order chi connectivity index (χ0) is 31.2. The number of carbonyl (C=O) groups is 1. The number of aromatic nitrogens is 3. The Morgan fingerprint density at radius 3 is 2.23 bits per heavy atom. The van der Waals surface area contributed by atoms with Gasteiger partial charge in [0.1, 0.15) is 29.2 Å². The van der Waals surface area contributed by atoms with Crippen LogP contribution in [0.15, 0.2) is 73.2 Å². The molecular weight excluding hydrogens is 570 g/mol. The molecule has 4 aromatic rings. The van der Waals surface area contributed by atoms with Crippen LogP contribution in [0.5, 0.6) is 0 Å². The molecule has 3 heterocycles. The molecule has 0 bridgehead atoms. The summed E-state index contributed by atoms with van der Waals surface area (Å²) in [5.41, 5.74) is 3.90. The molecule has 0 saturated carbocycles. The summed E-state index contributed by atoms with van der Waals surface area (Å²) in [5.74, 6) is -0.712. The Hall–Kier alpha value is -4.17. The number of carbonyl (C=O) groups excluding carboxylic acids is 1. The maximum atomic E-state index is 12.3. The molecule has 1 aliphatic rings. The predicted octanol–water partition coefficient (Wildman–Crippen LogP) is 3.08. The molecule has 0 aliphatic carbocycles. The van der Waals surface area contributed by atoms with Gasteiger partial charge in [-0.2, -0.15) is 0 Å². The monoisotopic (exact) mass is 605 g/mol. The molecule has 13 heteroatoms. The Bertz CT molecular complexity index is 1600. The fraction of sp³-hybridized carbons (Fsp3) is 0.367. The zero-order valence-corrected chi connectivity index (χ0v) is 25.6. The molecule has 2 aromatic heterocycles. The highest BCUT2D eigenvalue weighted by atomic mass is 28.4. The quantitative estimate of drug-likeness (QED) is 0.132. The van der Waals surface area contributed by atoms with E-state index in [1.54, 1.807) is 0 Å². The van der Waals surface area contributed by atoms with Crippen molar-refractivity contribution in [2.45, 2.75) is 63.7 Å². The van der Waals surface area contributed by atoms with E-state index in [0.29, 0.717) is 0 Å². The Morgan fingerprint density at radius 1 is 1.14 bits per heavy atom. The molecule has 1 saturated heterocycles. The van der Waals surface area contributed by atoms with Crippen LogP contribution in [-0.2, 0) is 18.7 Å². The first-order valence-electron chi connectivity index (χ1n) is 13.8. The van der Waals surface area contributed by atoms with Gasteiger partial charge < -0.3 is 24.7 Å². The van der Waals surface area contributed by atoms with Crippen molar-refractivity contribution >= 4 is 47.2 Å². The van der Waals surface area contributed by atoms with Crippen LogP contribution in [0.25, 0.3) is 11.0 Å². The van der Waals surface area contributed by atoms with Gasteiger partial charge in [-0.15, -0.1) is 0 Å². The maximum absolute atomic E-state index is 12.3. The largest absolute Gasteiger partial charge is 0.456 e. The third kappa shape index (κ3) is 5.18. The third-order valence-corrected chi connectivity index (χ3v) is 13.0. The molecule has 12 nitrogen and oxygen atoms in total. The summed E-state index contributed by atoms with van der Waals surface area (Å²) < 4.78 is 20.4. The fourth-order valence-electron chi connectivity index (χ4n) is 6.11. The Kier molecular flexibility index (Phi) is 7.86. The number of nitro groups is 1. The van der Waals surface area contributed by atoms with Gasteiger partial charge in [-0.1, -0.05) is 81.4 Å². The summed E-state index contributed by atoms with van der Waals surface area (Å²) in [6.07, 6.45) is -0.986. The minimum absolute atomic E-state index is 0.0166. The lowest BCUT2D eigenvalue weighted by molar-refractivity contribution is -0.383. The number of esters is 1. The van der Waals surface area contributed by atoms with Crippen molar-refractivity contribution in [2.24, 2.45) is 0 Å². The maximum Gasteiger partial charge on any atom is 0.303 e. The highest BCUT2D eigenvalue weighted by Gasteiger charge is 2.58. The Balaban J connectivity index is 1.60. The van der Waals surface area contributed by atoms with E-state index in [0.717, 1.165) is 10.4 Å². The summed E-state index contributed by atoms with van der Waals surface area (Å²) in [5, 5.41) is 25.5. The van der Waals surface area contributed by atoms with E-state index >= 15 is 0 Å². The van der Waals surface area contributed by atoms with E-state index in [9.17, 15) is 20.0 Å². The number of ether oxygens (including phenoxy) is 2. The lowest BCUT2D eigenvalue weighted by Gasteiger charge is -2.43. The smallest absolute Gasteiger partial charge is 0.303 e. The minimum atomic E-state index is -3.03. The topological polar surface area (TPSA) is 165 Å². The SMILES string of the molecule is CC(=O)OC1C(CO[Si](c2ccccc2)(c2ccccc2)C(C)(C)C)OC(n2cc([N+](=O)[O-])c3c(N)ncnc32)C1(C)O. The van der Waals surface area contributed by atoms with Crippen molar-refractivity contribution in [3.63, 3.8) is 0 Å². The lowest BCUT2D eigenvalue weighted by atomic mass is 9.96. The number of hydrogen-bond acceptors (Lipinski definition) is 10. The number of nitrogen functional groups attached to an aromatic ring is 1. The Morgan fingerprint density at radius 2 is 1.72 bits per heavy atom. The molecule has 4 atom stereocenters. The third-order valence-electron chi connectivity index (χ3n) is 7.96. The average molecular weight is 606 g/mol. The average Bonchev–Trinajstić information content (AvgIpc) is 3.45. The fourth-order valence-corrected chi connectivity index (χ4v) is 10.7. The zero-order valence-electron chi connectivity index (χ0n) is 24.6. The van der Waals surface area contributed by atoms with Crippen LogP contribution in [0.3, 0.4) is 0 Å². The lowest BCUT2D eigenvalue weighted by Crippen LogP contribution is -2.67. The first kappa shape index (κ1) is 30.3. The van der Waals surface area contributed by atoms with Gasteiger partial charge in [-0.05, 0) is 22.3 Å². The van der Waals surface area contributed by atoms with Gasteiger partial charge in [0.05, 0.1) is 17.7 Å². The van der Waals surface area contributed by atoms with Gasteiger partial charge in [0.15, 0.2) is 18.0 Å². The van der Waals surface area contributed by atoms with Crippen LogP contribution in [0.2, 0.25) is 5.04 Å². The number of rotatable bonds is 8. The molecule has 43 heavy (non-hydrogen) atoms. The van der Waals surface area contributed by atoms with E-state index in [-0.39, 0.29) is 34.2 Å². The van der Waals surface area contributed by atoms with E-state index < -0.39 is 43.2 Å². The van der Waals surface area contributed by atoms with Gasteiger partial charge in [0, 0.05) is 6.92 Å². The van der Waals surface area contributed by atoms with Gasteiger partial charge >= 0.3 is 5.97 Å². The van der Waals surface area contributed by atoms with Gasteiger partial charge in [-0.3, -0.25) is 19.5 Å². The van der Waals surface area contributed by atoms with Crippen molar-refractivity contribution in [1.82, 2.24) is 14.5 Å². The van der Waals surface area contributed by atoms with Gasteiger partial charge in [0.2, 0.25) is 0 Å². The van der Waals surface area contributed by atoms with Gasteiger partial charge in [-0.25, -0.2) is 9.97 Å². The van der Waals surface area contributed by atoms with Crippen LogP contribution in [0.1, 0.15) is 40.8 Å². The second kappa shape index (κ2) is 11.2. The Labute approximate surface area is 249 Å². The molecule has 1 aliphatic heterocycles. The molecule has 2 aromatic carbocycles. The van der Waals surface area contributed by atoms with Crippen LogP contribution in [0.4, 0.5) is 11.5 Å². The van der Waals surface area contributed by atoms with Crippen LogP contribution >= 0.6 is 0 Å². The first-order chi connectivity index (χ1) is 20.3. The first-order valence-corrected chi connectivity index (χ1v) is 15.8. The number of anilines is 1. The summed E-state index contributed by atoms with van der Waals surface area (Å²) >= 11 is 0. The normalized spacial score (nSPS) is 22.5. The summed E-state index contributed by atoms with van der Waals surface area (Å²) in [7, 11) is -3.03. The van der Waals surface area contributed by atoms with E-state index in [1.807, 2.05) is 36.4 Å². The second-order valence-corrected chi connectivity index (χ2v) is 16.2. The van der Waals surface area contributed by atoms with E-state index in [1.165, 1.54) is 30.9 Å². The molecule has 0 amide bonds. The molecule has 3 N–H and O–H groups in total. The summed E-state index contributed by atoms with van der Waals surface area (Å²) in [6.45, 7) is 9.05. The summed E-state index contributed by atoms with van der Waals surface area (Å²) in [4.78, 5) is 31.7. The van der Waals surface area contributed by atoms with Crippen LogP contribution in [-0.4, -0.2) is 63.3 Å². The number of aliphatic hydroxyl groups is 1. The number of nitrogens with two attached hydrogens (primary N) is 1. The van der Waals surface area contributed by atoms with E-state index in [2.05, 4.69) is 55.0 Å². The van der Waals surface area contributed by atoms with Crippen molar-refractivity contribution in [3.05, 3.63) is 83.3 Å². The van der Waals surface area contributed by atoms with Crippen molar-refractivity contribution in [1.29, 1.82) is 0 Å². The molecule has 0 radical (unpaired) electrons. The van der Waals surface area contributed by atoms with Crippen LogP contribution < -0.4 is 16.1 Å². The van der Waals surface area contributed by atoms with Crippen molar-refractivity contribution < 1.29 is 28.7 Å². The highest BCUT2D eigenvalue weighted by Crippen LogP contribution is 2.45. The molecule has 1 fully saturated rings. The molecule has 5 rings (SSSR count). The molecule has 4 unspecified atom stereocenters. The number of benzene rings is 2. The molecular formula is C30H35N5O7Si.